The van der Waals surface area contributed by atoms with E-state index in [4.69, 9.17) is 5.73 Å². The molecule has 1 aromatic heterocycles. The zero-order chi connectivity index (χ0) is 13.1. The maximum atomic E-state index is 12.2. The first-order chi connectivity index (χ1) is 8.61. The molecule has 20 heavy (non-hydrogen) atoms. The highest BCUT2D eigenvalue weighted by Crippen LogP contribution is 2.18. The molecule has 0 aliphatic heterocycles. The summed E-state index contributed by atoms with van der Waals surface area (Å²) in [6.07, 6.45) is 0. The fourth-order valence-corrected chi connectivity index (χ4v) is 1.86. The zero-order valence-corrected chi connectivity index (χ0v) is 13.1. The number of aryl methyl sites for hydroxylation is 1. The lowest BCUT2D eigenvalue weighted by Crippen LogP contribution is -2.37. The average Bonchev–Trinajstić information content (AvgIpc) is 2.37. The Bertz CT molecular complexity index is 590. The van der Waals surface area contributed by atoms with Gasteiger partial charge in [-0.2, -0.15) is 0 Å². The van der Waals surface area contributed by atoms with Gasteiger partial charge in [-0.3, -0.25) is 9.78 Å². The third kappa shape index (κ3) is 4.07. The zero-order valence-electron chi connectivity index (χ0n) is 11.4. The summed E-state index contributed by atoms with van der Waals surface area (Å²) in [7, 11) is 0. The minimum atomic E-state index is -0.102. The standard InChI is InChI=1S/C14H17N3O.2ClH/c1-9-7-12(14(18)17-10(2)8-15)11-5-3-4-6-13(11)16-9;;/h3-7,10H,8,15H2,1-2H3,(H,17,18);2*1H/t10-;;/m1../s1. The van der Waals surface area contributed by atoms with E-state index in [0.717, 1.165) is 16.6 Å². The van der Waals surface area contributed by atoms with Crippen LogP contribution in [0.2, 0.25) is 0 Å². The number of amides is 1. The smallest absolute Gasteiger partial charge is 0.252 e. The van der Waals surface area contributed by atoms with Crippen LogP contribution in [-0.4, -0.2) is 23.5 Å². The van der Waals surface area contributed by atoms with Crippen LogP contribution in [0.3, 0.4) is 0 Å². The molecule has 6 heteroatoms. The van der Waals surface area contributed by atoms with Crippen LogP contribution in [0.4, 0.5) is 0 Å². The lowest BCUT2D eigenvalue weighted by Gasteiger charge is -2.13. The van der Waals surface area contributed by atoms with Crippen LogP contribution in [0.5, 0.6) is 0 Å². The lowest BCUT2D eigenvalue weighted by molar-refractivity contribution is 0.0943. The van der Waals surface area contributed by atoms with Crippen LogP contribution in [0.25, 0.3) is 10.9 Å². The maximum absolute atomic E-state index is 12.2. The highest BCUT2D eigenvalue weighted by atomic mass is 35.5. The number of nitrogens with zero attached hydrogens (tertiary/aromatic N) is 1. The summed E-state index contributed by atoms with van der Waals surface area (Å²) in [6.45, 7) is 4.19. The molecule has 2 rings (SSSR count). The van der Waals surface area contributed by atoms with E-state index in [0.29, 0.717) is 12.1 Å². The normalized spacial score (nSPS) is 11.2. The Balaban J connectivity index is 0.00000180. The molecule has 0 aliphatic rings. The molecule has 110 valence electrons. The van der Waals surface area contributed by atoms with Crippen molar-refractivity contribution in [3.63, 3.8) is 0 Å². The van der Waals surface area contributed by atoms with E-state index in [1.165, 1.54) is 0 Å². The molecule has 1 heterocycles. The Morgan fingerprint density at radius 1 is 1.35 bits per heavy atom. The van der Waals surface area contributed by atoms with Gasteiger partial charge in [-0.1, -0.05) is 18.2 Å². The number of nitrogens with two attached hydrogens (primary N) is 1. The topological polar surface area (TPSA) is 68.0 Å². The molecule has 0 bridgehead atoms. The number of benzene rings is 1. The molecule has 0 spiro atoms. The van der Waals surface area contributed by atoms with Crippen molar-refractivity contribution in [2.45, 2.75) is 19.9 Å². The largest absolute Gasteiger partial charge is 0.348 e. The average molecular weight is 316 g/mol. The van der Waals surface area contributed by atoms with Crippen molar-refractivity contribution in [2.75, 3.05) is 6.54 Å². The lowest BCUT2D eigenvalue weighted by atomic mass is 10.1. The van der Waals surface area contributed by atoms with Gasteiger partial charge in [-0.15, -0.1) is 24.8 Å². The summed E-state index contributed by atoms with van der Waals surface area (Å²) >= 11 is 0. The van der Waals surface area contributed by atoms with Gasteiger partial charge < -0.3 is 11.1 Å². The molecule has 2 aromatic rings. The van der Waals surface area contributed by atoms with Gasteiger partial charge in [-0.25, -0.2) is 0 Å². The van der Waals surface area contributed by atoms with Crippen LogP contribution in [-0.2, 0) is 0 Å². The van der Waals surface area contributed by atoms with Crippen molar-refractivity contribution in [1.82, 2.24) is 10.3 Å². The Kier molecular flexibility index (Phi) is 7.50. The quantitative estimate of drug-likeness (QED) is 0.914. The van der Waals surface area contributed by atoms with Crippen molar-refractivity contribution in [2.24, 2.45) is 5.73 Å². The number of hydrogen-bond donors (Lipinski definition) is 2. The van der Waals surface area contributed by atoms with Gasteiger partial charge in [0.1, 0.15) is 0 Å². The Labute approximate surface area is 131 Å². The molecule has 4 nitrogen and oxygen atoms in total. The number of halogens is 2. The molecule has 3 N–H and O–H groups in total. The van der Waals surface area contributed by atoms with Crippen molar-refractivity contribution >= 4 is 41.6 Å². The van der Waals surface area contributed by atoms with E-state index in [1.807, 2.05) is 38.1 Å². The van der Waals surface area contributed by atoms with Crippen LogP contribution in [0.15, 0.2) is 30.3 Å². The van der Waals surface area contributed by atoms with Crippen LogP contribution >= 0.6 is 24.8 Å². The maximum Gasteiger partial charge on any atom is 0.252 e. The fraction of sp³-hybridized carbons (Fsp3) is 0.286. The highest BCUT2D eigenvalue weighted by Gasteiger charge is 2.13. The number of aromatic nitrogens is 1. The summed E-state index contributed by atoms with van der Waals surface area (Å²) in [5.74, 6) is -0.102. The van der Waals surface area contributed by atoms with Crippen LogP contribution in [0.1, 0.15) is 23.0 Å². The number of carbonyl (C=O) groups is 1. The molecular formula is C14H19Cl2N3O. The first-order valence-corrected chi connectivity index (χ1v) is 5.99. The number of nitrogens with one attached hydrogen (secondary N) is 1. The summed E-state index contributed by atoms with van der Waals surface area (Å²) in [4.78, 5) is 16.6. The van der Waals surface area contributed by atoms with Gasteiger partial charge in [0.2, 0.25) is 0 Å². The summed E-state index contributed by atoms with van der Waals surface area (Å²) in [6, 6.07) is 9.40. The van der Waals surface area contributed by atoms with Gasteiger partial charge in [0.05, 0.1) is 11.1 Å². The number of carbonyl (C=O) groups excluding carboxylic acids is 1. The fourth-order valence-electron chi connectivity index (χ4n) is 1.86. The second kappa shape index (κ2) is 8.04. The SMILES string of the molecule is Cc1cc(C(=O)N[C@H](C)CN)c2ccccc2n1.Cl.Cl. The Hall–Kier alpha value is -1.36. The predicted molar refractivity (Wildman–Crippen MR) is 87.0 cm³/mol. The first kappa shape index (κ1) is 18.6. The molecule has 1 aromatic carbocycles. The van der Waals surface area contributed by atoms with Crippen LogP contribution in [0, 0.1) is 6.92 Å². The van der Waals surface area contributed by atoms with E-state index in [9.17, 15) is 4.79 Å². The van der Waals surface area contributed by atoms with Gasteiger partial charge in [-0.05, 0) is 26.0 Å². The van der Waals surface area contributed by atoms with E-state index < -0.39 is 0 Å². The van der Waals surface area contributed by atoms with Crippen LogP contribution < -0.4 is 11.1 Å². The molecular weight excluding hydrogens is 297 g/mol. The van der Waals surface area contributed by atoms with Crippen molar-refractivity contribution in [3.05, 3.63) is 41.6 Å². The molecule has 0 fully saturated rings. The summed E-state index contributed by atoms with van der Waals surface area (Å²) in [5, 5.41) is 3.74. The third-order valence-electron chi connectivity index (χ3n) is 2.82. The minimum Gasteiger partial charge on any atom is -0.348 e. The second-order valence-electron chi connectivity index (χ2n) is 4.44. The summed E-state index contributed by atoms with van der Waals surface area (Å²) in [5.41, 5.74) is 7.83. The molecule has 1 amide bonds. The van der Waals surface area contributed by atoms with E-state index in [2.05, 4.69) is 10.3 Å². The Morgan fingerprint density at radius 3 is 2.65 bits per heavy atom. The van der Waals surface area contributed by atoms with E-state index >= 15 is 0 Å². The minimum absolute atomic E-state index is 0. The first-order valence-electron chi connectivity index (χ1n) is 5.99. The van der Waals surface area contributed by atoms with Gasteiger partial charge in [0, 0.05) is 23.7 Å². The molecule has 0 saturated carbocycles. The number of rotatable bonds is 3. The van der Waals surface area contributed by atoms with E-state index in [1.54, 1.807) is 6.07 Å². The number of hydrogen-bond acceptors (Lipinski definition) is 3. The van der Waals surface area contributed by atoms with E-state index in [-0.39, 0.29) is 36.8 Å². The van der Waals surface area contributed by atoms with Gasteiger partial charge in [0.25, 0.3) is 5.91 Å². The predicted octanol–water partition coefficient (Wildman–Crippen LogP) is 2.46. The second-order valence-corrected chi connectivity index (χ2v) is 4.44. The van der Waals surface area contributed by atoms with Gasteiger partial charge >= 0.3 is 0 Å². The monoisotopic (exact) mass is 315 g/mol. The van der Waals surface area contributed by atoms with Crippen molar-refractivity contribution < 1.29 is 4.79 Å². The number of para-hydroxylation sites is 1. The molecule has 1 atom stereocenters. The molecule has 0 aliphatic carbocycles. The number of fused-ring (bicyclic) bond motifs is 1. The highest BCUT2D eigenvalue weighted by molar-refractivity contribution is 6.06. The number of pyridine rings is 1. The molecule has 0 saturated heterocycles. The van der Waals surface area contributed by atoms with Gasteiger partial charge in [0.15, 0.2) is 0 Å². The Morgan fingerprint density at radius 2 is 2.00 bits per heavy atom. The molecule has 0 radical (unpaired) electrons. The molecule has 0 unspecified atom stereocenters. The van der Waals surface area contributed by atoms with Crippen molar-refractivity contribution in [1.29, 1.82) is 0 Å². The van der Waals surface area contributed by atoms with Crippen molar-refractivity contribution in [3.8, 4) is 0 Å². The third-order valence-corrected chi connectivity index (χ3v) is 2.82. The summed E-state index contributed by atoms with van der Waals surface area (Å²) < 4.78 is 0.